The zero-order valence-corrected chi connectivity index (χ0v) is 13.0. The lowest BCUT2D eigenvalue weighted by atomic mass is 10.2. The topological polar surface area (TPSA) is 44.3 Å². The van der Waals surface area contributed by atoms with Crippen LogP contribution in [0.1, 0.15) is 25.1 Å². The molecule has 0 spiro atoms. The van der Waals surface area contributed by atoms with Gasteiger partial charge in [-0.25, -0.2) is 0 Å². The fourth-order valence-corrected chi connectivity index (χ4v) is 2.27. The molecule has 2 heterocycles. The first-order valence-electron chi connectivity index (χ1n) is 6.53. The van der Waals surface area contributed by atoms with Gasteiger partial charge < -0.3 is 9.80 Å². The number of halogens is 3. The number of aromatic amines is 1. The van der Waals surface area contributed by atoms with E-state index < -0.39 is 23.0 Å². The van der Waals surface area contributed by atoms with E-state index >= 15 is 0 Å². The average Bonchev–Trinajstić information content (AvgIpc) is 2.81. The van der Waals surface area contributed by atoms with Gasteiger partial charge in [0.1, 0.15) is 5.69 Å². The molecule has 1 aliphatic rings. The number of aryl methyl sites for hydroxylation is 1. The molecule has 1 aliphatic heterocycles. The van der Waals surface area contributed by atoms with Gasteiger partial charge in [-0.1, -0.05) is 5.73 Å². The molecule has 1 aromatic heterocycles. The summed E-state index contributed by atoms with van der Waals surface area (Å²) in [6.45, 7) is 3.80. The minimum atomic E-state index is -4.63. The third-order valence-electron chi connectivity index (χ3n) is 3.88. The van der Waals surface area contributed by atoms with Gasteiger partial charge in [0, 0.05) is 32.5 Å². The second kappa shape index (κ2) is 5.14. The molecule has 120 valence electrons. The number of H-pyrrole nitrogens is 1. The van der Waals surface area contributed by atoms with Crippen LogP contribution in [-0.4, -0.2) is 33.7 Å². The maximum Gasteiger partial charge on any atom is 0.433 e. The molecule has 0 saturated heterocycles. The van der Waals surface area contributed by atoms with E-state index in [-0.39, 0.29) is 0 Å². The summed E-state index contributed by atoms with van der Waals surface area (Å²) in [5.41, 5.74) is 2.46. The predicted molar refractivity (Wildman–Crippen MR) is 76.4 cm³/mol. The van der Waals surface area contributed by atoms with Crippen LogP contribution in [-0.2, 0) is 13.2 Å². The Morgan fingerprint density at radius 2 is 1.59 bits per heavy atom. The van der Waals surface area contributed by atoms with Gasteiger partial charge in [-0.15, -0.1) is 0 Å². The highest BCUT2D eigenvalue weighted by Crippen LogP contribution is 2.30. The smallest absolute Gasteiger partial charge is 0.327 e. The molecular formula is C14H17F3N4O. The quantitative estimate of drug-likeness (QED) is 0.809. The lowest BCUT2D eigenvalue weighted by molar-refractivity contribution is -0.141. The SMILES string of the molecule is CC1=C(C)N(C)C(=C=Cc2c(C(F)(F)F)[nH]n(C)c2=O)N1C. The summed E-state index contributed by atoms with van der Waals surface area (Å²) in [6, 6.07) is 0. The molecule has 1 aromatic rings. The predicted octanol–water partition coefficient (Wildman–Crippen LogP) is 2.31. The van der Waals surface area contributed by atoms with Crippen molar-refractivity contribution in [1.29, 1.82) is 0 Å². The van der Waals surface area contributed by atoms with Crippen molar-refractivity contribution in [3.63, 3.8) is 0 Å². The Hall–Kier alpha value is -2.34. The van der Waals surface area contributed by atoms with E-state index in [1.54, 1.807) is 23.9 Å². The number of nitrogens with zero attached hydrogens (tertiary/aromatic N) is 3. The first kappa shape index (κ1) is 16.0. The number of alkyl halides is 3. The molecule has 1 N–H and O–H groups in total. The molecule has 0 aliphatic carbocycles. The molecule has 0 atom stereocenters. The van der Waals surface area contributed by atoms with Crippen LogP contribution in [0.4, 0.5) is 13.2 Å². The third-order valence-corrected chi connectivity index (χ3v) is 3.88. The summed E-state index contributed by atoms with van der Waals surface area (Å²) in [4.78, 5) is 15.4. The molecule has 0 unspecified atom stereocenters. The Morgan fingerprint density at radius 3 is 2.05 bits per heavy atom. The molecule has 22 heavy (non-hydrogen) atoms. The monoisotopic (exact) mass is 314 g/mol. The van der Waals surface area contributed by atoms with Gasteiger partial charge in [-0.2, -0.15) is 13.2 Å². The van der Waals surface area contributed by atoms with Crippen molar-refractivity contribution >= 4 is 6.08 Å². The highest BCUT2D eigenvalue weighted by molar-refractivity contribution is 5.52. The molecule has 5 nitrogen and oxygen atoms in total. The zero-order valence-electron chi connectivity index (χ0n) is 13.0. The van der Waals surface area contributed by atoms with Crippen molar-refractivity contribution in [1.82, 2.24) is 19.6 Å². The zero-order chi connectivity index (χ0) is 16.8. The van der Waals surface area contributed by atoms with Gasteiger partial charge >= 0.3 is 6.18 Å². The lowest BCUT2D eigenvalue weighted by Gasteiger charge is -2.17. The van der Waals surface area contributed by atoms with Crippen LogP contribution >= 0.6 is 0 Å². The standard InChI is InChI=1S/C14H17F3N4O/c1-8-9(2)20(4)11(19(8)3)7-6-10-12(14(15,16)17)18-21(5)13(10)22/h6,18H,1-5H3. The van der Waals surface area contributed by atoms with Crippen LogP contribution in [0.25, 0.3) is 6.08 Å². The number of hydrogen-bond acceptors (Lipinski definition) is 3. The van der Waals surface area contributed by atoms with Crippen LogP contribution in [0.5, 0.6) is 0 Å². The highest BCUT2D eigenvalue weighted by Gasteiger charge is 2.37. The Kier molecular flexibility index (Phi) is 3.74. The van der Waals surface area contributed by atoms with Gasteiger partial charge in [0.2, 0.25) is 0 Å². The number of hydrogen-bond donors (Lipinski definition) is 1. The Morgan fingerprint density at radius 1 is 1.09 bits per heavy atom. The second-order valence-electron chi connectivity index (χ2n) is 5.16. The van der Waals surface area contributed by atoms with Crippen LogP contribution in [0.15, 0.2) is 27.7 Å². The van der Waals surface area contributed by atoms with E-state index in [4.69, 9.17) is 0 Å². The number of allylic oxidation sites excluding steroid dienone is 2. The van der Waals surface area contributed by atoms with Gasteiger partial charge in [-0.3, -0.25) is 14.6 Å². The van der Waals surface area contributed by atoms with Crippen LogP contribution in [0.2, 0.25) is 0 Å². The molecule has 8 heteroatoms. The first-order chi connectivity index (χ1) is 10.1. The average molecular weight is 314 g/mol. The molecule has 0 fully saturated rings. The third kappa shape index (κ3) is 2.46. The lowest BCUT2D eigenvalue weighted by Crippen LogP contribution is -2.18. The van der Waals surface area contributed by atoms with Crippen LogP contribution in [0.3, 0.4) is 0 Å². The number of aromatic nitrogens is 2. The Labute approximate surface area is 125 Å². The molecule has 0 radical (unpaired) electrons. The van der Waals surface area contributed by atoms with Gasteiger partial charge in [0.05, 0.1) is 5.56 Å². The van der Waals surface area contributed by atoms with Gasteiger partial charge in [0.25, 0.3) is 5.56 Å². The maximum absolute atomic E-state index is 13.0. The molecular weight excluding hydrogens is 297 g/mol. The summed E-state index contributed by atoms with van der Waals surface area (Å²) in [5.74, 6) is 0.575. The van der Waals surface area contributed by atoms with Crippen LogP contribution in [0, 0.1) is 0 Å². The van der Waals surface area contributed by atoms with E-state index in [2.05, 4.69) is 5.73 Å². The molecule has 2 rings (SSSR count). The van der Waals surface area contributed by atoms with Gasteiger partial charge in [0.15, 0.2) is 5.82 Å². The first-order valence-corrected chi connectivity index (χ1v) is 6.53. The summed E-state index contributed by atoms with van der Waals surface area (Å²) in [5, 5.41) is 2.03. The summed E-state index contributed by atoms with van der Waals surface area (Å²) in [7, 11) is 4.82. The van der Waals surface area contributed by atoms with E-state index in [0.717, 1.165) is 22.2 Å². The Bertz CT molecular complexity index is 740. The summed E-state index contributed by atoms with van der Waals surface area (Å²) >= 11 is 0. The highest BCUT2D eigenvalue weighted by atomic mass is 19.4. The molecule has 0 aromatic carbocycles. The fourth-order valence-electron chi connectivity index (χ4n) is 2.27. The fraction of sp³-hybridized carbons (Fsp3) is 0.429. The van der Waals surface area contributed by atoms with Crippen molar-refractivity contribution in [2.24, 2.45) is 7.05 Å². The van der Waals surface area contributed by atoms with E-state index in [0.29, 0.717) is 5.82 Å². The van der Waals surface area contributed by atoms with Gasteiger partial charge in [-0.05, 0) is 19.9 Å². The van der Waals surface area contributed by atoms with Crippen molar-refractivity contribution in [3.05, 3.63) is 44.6 Å². The molecule has 0 saturated carbocycles. The van der Waals surface area contributed by atoms with Crippen molar-refractivity contribution in [3.8, 4) is 0 Å². The largest absolute Gasteiger partial charge is 0.433 e. The minimum absolute atomic E-state index is 0.452. The summed E-state index contributed by atoms with van der Waals surface area (Å²) < 4.78 is 39.7. The molecule has 0 bridgehead atoms. The molecule has 0 amide bonds. The van der Waals surface area contributed by atoms with E-state index in [9.17, 15) is 18.0 Å². The van der Waals surface area contributed by atoms with Crippen molar-refractivity contribution < 1.29 is 13.2 Å². The normalized spacial score (nSPS) is 15.7. The Balaban J connectivity index is 2.57. The van der Waals surface area contributed by atoms with E-state index in [1.165, 1.54) is 7.05 Å². The minimum Gasteiger partial charge on any atom is -0.327 e. The van der Waals surface area contributed by atoms with E-state index in [1.807, 2.05) is 18.9 Å². The van der Waals surface area contributed by atoms with Crippen LogP contribution < -0.4 is 5.56 Å². The van der Waals surface area contributed by atoms with Crippen molar-refractivity contribution in [2.45, 2.75) is 20.0 Å². The second-order valence-corrected chi connectivity index (χ2v) is 5.16. The number of rotatable bonds is 1. The van der Waals surface area contributed by atoms with Crippen molar-refractivity contribution in [2.75, 3.05) is 14.1 Å². The summed E-state index contributed by atoms with van der Waals surface area (Å²) in [6.07, 6.45) is -3.55. The maximum atomic E-state index is 13.0. The number of nitrogens with one attached hydrogen (secondary N) is 1.